The van der Waals surface area contributed by atoms with Crippen molar-refractivity contribution >= 4 is 17.7 Å². The molecule has 1 fully saturated rings. The number of ether oxygens (including phenoxy) is 2. The number of Topliss-reactive ketones (excluding diaryl/α,β-unsaturated/α-hetero) is 1. The van der Waals surface area contributed by atoms with Crippen molar-refractivity contribution in [2.24, 2.45) is 17.3 Å². The van der Waals surface area contributed by atoms with E-state index in [-0.39, 0.29) is 42.8 Å². The largest absolute Gasteiger partial charge is 0.464 e. The predicted molar refractivity (Wildman–Crippen MR) is 141 cm³/mol. The smallest absolute Gasteiger partial charge is 0.308 e. The lowest BCUT2D eigenvalue weighted by molar-refractivity contribution is -0.150. The molecule has 0 aromatic rings. The van der Waals surface area contributed by atoms with Gasteiger partial charge in [0, 0.05) is 19.4 Å². The van der Waals surface area contributed by atoms with Crippen LogP contribution in [0.15, 0.2) is 12.2 Å². The van der Waals surface area contributed by atoms with Gasteiger partial charge >= 0.3 is 5.97 Å². The maximum absolute atomic E-state index is 13.0. The van der Waals surface area contributed by atoms with Gasteiger partial charge in [0.1, 0.15) is 31.0 Å². The van der Waals surface area contributed by atoms with Gasteiger partial charge in [-0.3, -0.25) is 14.4 Å². The van der Waals surface area contributed by atoms with Gasteiger partial charge in [0.25, 0.3) is 0 Å². The third kappa shape index (κ3) is 12.5. The van der Waals surface area contributed by atoms with Crippen LogP contribution in [0.25, 0.3) is 0 Å². The fourth-order valence-electron chi connectivity index (χ4n) is 4.41. The summed E-state index contributed by atoms with van der Waals surface area (Å²) in [4.78, 5) is 38.0. The van der Waals surface area contributed by atoms with Crippen LogP contribution < -0.4 is 5.32 Å². The monoisotopic (exact) mass is 527 g/mol. The highest BCUT2D eigenvalue weighted by Crippen LogP contribution is 2.24. The van der Waals surface area contributed by atoms with Gasteiger partial charge in [0.15, 0.2) is 5.78 Å². The standard InChI is InChI=1S/C28H49NO8/c1-6-7-11-20(26(34)29-16-17-37-27(35)19-12-9-8-10-13-19)18-22(31)25(36-5)24(33)23(32)21(30)14-15-28(2,3)4/h14-15,19-21,23-25,30,32-33H,6-13,16-18H2,1-5H3,(H,29,34)/b15-14+/t20-,21-,23+,24-,25+/m1/s1. The number of hydrogen-bond donors (Lipinski definition) is 4. The number of carbonyl (C=O) groups excluding carboxylic acids is 3. The Balaban J connectivity index is 2.67. The molecule has 1 amide bonds. The summed E-state index contributed by atoms with van der Waals surface area (Å²) in [7, 11) is 1.23. The zero-order valence-corrected chi connectivity index (χ0v) is 23.3. The highest BCUT2D eigenvalue weighted by molar-refractivity contribution is 5.89. The van der Waals surface area contributed by atoms with E-state index in [1.807, 2.05) is 27.7 Å². The van der Waals surface area contributed by atoms with Crippen LogP contribution in [0.5, 0.6) is 0 Å². The van der Waals surface area contributed by atoms with Gasteiger partial charge in [-0.15, -0.1) is 0 Å². The van der Waals surface area contributed by atoms with E-state index in [9.17, 15) is 29.7 Å². The van der Waals surface area contributed by atoms with Gasteiger partial charge in [-0.05, 0) is 24.7 Å². The van der Waals surface area contributed by atoms with Crippen LogP contribution in [0, 0.1) is 17.3 Å². The number of allylic oxidation sites excluding steroid dienone is 1. The van der Waals surface area contributed by atoms with Gasteiger partial charge < -0.3 is 30.1 Å². The minimum atomic E-state index is -1.67. The molecule has 5 atom stereocenters. The number of rotatable bonds is 16. The van der Waals surface area contributed by atoms with E-state index in [0.29, 0.717) is 6.42 Å². The first-order chi connectivity index (χ1) is 17.4. The number of nitrogens with one attached hydrogen (secondary N) is 1. The molecule has 37 heavy (non-hydrogen) atoms. The van der Waals surface area contributed by atoms with Crippen LogP contribution in [-0.4, -0.2) is 77.7 Å². The molecule has 1 saturated carbocycles. The van der Waals surface area contributed by atoms with Gasteiger partial charge in [-0.25, -0.2) is 0 Å². The fourth-order valence-corrected chi connectivity index (χ4v) is 4.41. The Labute approximate surface area is 222 Å². The van der Waals surface area contributed by atoms with E-state index in [1.165, 1.54) is 13.2 Å². The molecule has 0 bridgehead atoms. The molecule has 214 valence electrons. The van der Waals surface area contributed by atoms with Gasteiger partial charge in [0.05, 0.1) is 12.5 Å². The van der Waals surface area contributed by atoms with Crippen LogP contribution >= 0.6 is 0 Å². The average molecular weight is 528 g/mol. The number of aliphatic hydroxyl groups is 3. The Hall–Kier alpha value is -1.81. The summed E-state index contributed by atoms with van der Waals surface area (Å²) in [6, 6.07) is 0. The second-order valence-electron chi connectivity index (χ2n) is 11.2. The van der Waals surface area contributed by atoms with Crippen LogP contribution in [0.1, 0.15) is 85.5 Å². The molecule has 0 aromatic heterocycles. The summed E-state index contributed by atoms with van der Waals surface area (Å²) in [5.74, 6) is -1.82. The minimum absolute atomic E-state index is 0.0606. The number of methoxy groups -OCH3 is 1. The van der Waals surface area contributed by atoms with Crippen molar-refractivity contribution < 1.29 is 39.2 Å². The molecule has 1 aliphatic carbocycles. The molecule has 0 saturated heterocycles. The van der Waals surface area contributed by atoms with Gasteiger partial charge in [0.2, 0.25) is 5.91 Å². The first-order valence-electron chi connectivity index (χ1n) is 13.6. The van der Waals surface area contributed by atoms with Crippen LogP contribution in [0.4, 0.5) is 0 Å². The number of hydrogen-bond acceptors (Lipinski definition) is 8. The van der Waals surface area contributed by atoms with Crippen LogP contribution in [0.3, 0.4) is 0 Å². The first kappa shape index (κ1) is 33.2. The molecule has 0 unspecified atom stereocenters. The number of esters is 1. The lowest BCUT2D eigenvalue weighted by atomic mass is 9.89. The average Bonchev–Trinajstić information content (AvgIpc) is 2.87. The second kappa shape index (κ2) is 16.9. The van der Waals surface area contributed by atoms with Crippen molar-refractivity contribution in [1.29, 1.82) is 0 Å². The summed E-state index contributed by atoms with van der Waals surface area (Å²) >= 11 is 0. The summed E-state index contributed by atoms with van der Waals surface area (Å²) in [6.45, 7) is 7.96. The lowest BCUT2D eigenvalue weighted by Gasteiger charge is -2.28. The van der Waals surface area contributed by atoms with Crippen molar-refractivity contribution in [2.45, 2.75) is 110 Å². The highest BCUT2D eigenvalue weighted by Gasteiger charge is 2.36. The molecular formula is C28H49NO8. The third-order valence-corrected chi connectivity index (χ3v) is 6.68. The first-order valence-corrected chi connectivity index (χ1v) is 13.6. The molecular weight excluding hydrogens is 478 g/mol. The Morgan fingerprint density at radius 2 is 1.70 bits per heavy atom. The van der Waals surface area contributed by atoms with Crippen molar-refractivity contribution in [3.05, 3.63) is 12.2 Å². The number of amides is 1. The van der Waals surface area contributed by atoms with Crippen molar-refractivity contribution in [3.63, 3.8) is 0 Å². The molecule has 1 aliphatic rings. The van der Waals surface area contributed by atoms with E-state index < -0.39 is 36.1 Å². The summed E-state index contributed by atoms with van der Waals surface area (Å²) in [6.07, 6.45) is 3.69. The Morgan fingerprint density at radius 3 is 2.27 bits per heavy atom. The van der Waals surface area contributed by atoms with E-state index in [2.05, 4.69) is 5.32 Å². The quantitative estimate of drug-likeness (QED) is 0.136. The predicted octanol–water partition coefficient (Wildman–Crippen LogP) is 2.69. The normalized spacial score (nSPS) is 19.1. The maximum atomic E-state index is 13.0. The molecule has 0 radical (unpaired) electrons. The highest BCUT2D eigenvalue weighted by atomic mass is 16.5. The van der Waals surface area contributed by atoms with Crippen LogP contribution in [-0.2, 0) is 23.9 Å². The summed E-state index contributed by atoms with van der Waals surface area (Å²) in [5, 5.41) is 34.0. The Bertz CT molecular complexity index is 726. The van der Waals surface area contributed by atoms with Crippen molar-refractivity contribution in [2.75, 3.05) is 20.3 Å². The molecule has 1 rings (SSSR count). The summed E-state index contributed by atoms with van der Waals surface area (Å²) < 4.78 is 10.5. The number of carbonyl (C=O) groups is 3. The van der Waals surface area contributed by atoms with E-state index >= 15 is 0 Å². The molecule has 0 heterocycles. The van der Waals surface area contributed by atoms with Gasteiger partial charge in [-0.2, -0.15) is 0 Å². The Kier molecular flexibility index (Phi) is 15.2. The Morgan fingerprint density at radius 1 is 1.05 bits per heavy atom. The number of aliphatic hydroxyl groups excluding tert-OH is 3. The maximum Gasteiger partial charge on any atom is 0.308 e. The number of unbranched alkanes of at least 4 members (excludes halogenated alkanes) is 1. The zero-order valence-electron chi connectivity index (χ0n) is 23.3. The third-order valence-electron chi connectivity index (χ3n) is 6.68. The van der Waals surface area contributed by atoms with Gasteiger partial charge in [-0.1, -0.05) is 72.0 Å². The summed E-state index contributed by atoms with van der Waals surface area (Å²) in [5.41, 5.74) is -0.240. The topological polar surface area (TPSA) is 142 Å². The molecule has 0 aromatic carbocycles. The fraction of sp³-hybridized carbons (Fsp3) is 0.821. The zero-order chi connectivity index (χ0) is 28.0. The van der Waals surface area contributed by atoms with Crippen LogP contribution in [0.2, 0.25) is 0 Å². The van der Waals surface area contributed by atoms with Crippen molar-refractivity contribution in [3.8, 4) is 0 Å². The SMILES string of the molecule is CCCC[C@H](CC(=O)[C@H](OC)[C@H](O)[C@@H](O)[C@H](O)/C=C/C(C)(C)C)C(=O)NCCOC(=O)C1CCCCC1. The molecule has 0 spiro atoms. The van der Waals surface area contributed by atoms with Crippen molar-refractivity contribution in [1.82, 2.24) is 5.32 Å². The van der Waals surface area contributed by atoms with E-state index in [4.69, 9.17) is 9.47 Å². The molecule has 0 aliphatic heterocycles. The second-order valence-corrected chi connectivity index (χ2v) is 11.2. The lowest BCUT2D eigenvalue weighted by Crippen LogP contribution is -2.49. The number of ketones is 1. The van der Waals surface area contributed by atoms with E-state index in [1.54, 1.807) is 6.08 Å². The molecule has 9 nitrogen and oxygen atoms in total. The molecule has 9 heteroatoms. The minimum Gasteiger partial charge on any atom is -0.464 e. The van der Waals surface area contributed by atoms with E-state index in [0.717, 1.165) is 44.9 Å². The molecule has 4 N–H and O–H groups in total.